The molecule has 1 unspecified atom stereocenters. The number of aromatic nitrogens is 4. The molecule has 1 N–H and O–H groups in total. The summed E-state index contributed by atoms with van der Waals surface area (Å²) >= 11 is 0. The second kappa shape index (κ2) is 6.39. The van der Waals surface area contributed by atoms with Gasteiger partial charge in [0.05, 0.1) is 24.1 Å². The minimum Gasteiger partial charge on any atom is -0.344 e. The van der Waals surface area contributed by atoms with E-state index in [4.69, 9.17) is 0 Å². The van der Waals surface area contributed by atoms with Crippen LogP contribution in [-0.2, 0) is 0 Å². The number of nitrogens with zero attached hydrogens (tertiary/aromatic N) is 4. The summed E-state index contributed by atoms with van der Waals surface area (Å²) in [4.78, 5) is 20.1. The summed E-state index contributed by atoms with van der Waals surface area (Å²) in [5.74, 6) is -0.252. The third kappa shape index (κ3) is 3.11. The van der Waals surface area contributed by atoms with Gasteiger partial charge in [0.15, 0.2) is 0 Å². The maximum atomic E-state index is 12.2. The van der Waals surface area contributed by atoms with Crippen molar-refractivity contribution in [3.63, 3.8) is 0 Å². The van der Waals surface area contributed by atoms with Crippen LogP contribution < -0.4 is 5.32 Å². The zero-order chi connectivity index (χ0) is 16.2. The highest BCUT2D eigenvalue weighted by atomic mass is 16.1. The normalized spacial score (nSPS) is 11.9. The number of hydrogen-bond donors (Lipinski definition) is 1. The Labute approximate surface area is 134 Å². The Hall–Kier alpha value is -3.02. The van der Waals surface area contributed by atoms with E-state index in [9.17, 15) is 4.79 Å². The zero-order valence-electron chi connectivity index (χ0n) is 13.0. The minimum absolute atomic E-state index is 0.179. The maximum absolute atomic E-state index is 12.2. The molecule has 2 heterocycles. The Balaban J connectivity index is 1.80. The molecule has 2 aromatic heterocycles. The molecule has 0 fully saturated rings. The summed E-state index contributed by atoms with van der Waals surface area (Å²) in [5.41, 5.74) is 3.24. The summed E-state index contributed by atoms with van der Waals surface area (Å²) in [6, 6.07) is 9.71. The first-order chi connectivity index (χ1) is 11.2. The number of amides is 1. The van der Waals surface area contributed by atoms with Crippen molar-refractivity contribution >= 4 is 5.91 Å². The van der Waals surface area contributed by atoms with E-state index in [1.54, 1.807) is 6.20 Å². The summed E-state index contributed by atoms with van der Waals surface area (Å²) in [6.45, 7) is 3.91. The van der Waals surface area contributed by atoms with Gasteiger partial charge in [-0.1, -0.05) is 18.2 Å². The Morgan fingerprint density at radius 3 is 2.65 bits per heavy atom. The lowest BCUT2D eigenvalue weighted by Crippen LogP contribution is -2.27. The number of nitrogens with one attached hydrogen (secondary N) is 1. The van der Waals surface area contributed by atoms with Gasteiger partial charge in [-0.25, -0.2) is 9.67 Å². The fourth-order valence-corrected chi connectivity index (χ4v) is 2.44. The lowest BCUT2D eigenvalue weighted by molar-refractivity contribution is 0.0934. The SMILES string of the molecule is Cc1c(C(C)NC(=O)c2cnccn2)cnn1-c1ccccc1. The molecule has 0 radical (unpaired) electrons. The molecule has 0 spiro atoms. The van der Waals surface area contributed by atoms with Crippen molar-refractivity contribution in [3.05, 3.63) is 72.1 Å². The number of hydrogen-bond acceptors (Lipinski definition) is 4. The van der Waals surface area contributed by atoms with Crippen LogP contribution in [-0.4, -0.2) is 25.7 Å². The first-order valence-corrected chi connectivity index (χ1v) is 7.33. The summed E-state index contributed by atoms with van der Waals surface area (Å²) < 4.78 is 1.86. The van der Waals surface area contributed by atoms with Gasteiger partial charge in [-0.05, 0) is 26.0 Å². The molecule has 0 aliphatic carbocycles. The predicted octanol–water partition coefficient (Wildman–Crippen LogP) is 2.46. The largest absolute Gasteiger partial charge is 0.344 e. The molecule has 3 rings (SSSR count). The molecule has 1 aromatic carbocycles. The van der Waals surface area contributed by atoms with Crippen LogP contribution in [0.25, 0.3) is 5.69 Å². The van der Waals surface area contributed by atoms with E-state index in [1.807, 2.05) is 48.9 Å². The van der Waals surface area contributed by atoms with Crippen molar-refractivity contribution in [2.75, 3.05) is 0 Å². The lowest BCUT2D eigenvalue weighted by Gasteiger charge is -2.13. The van der Waals surface area contributed by atoms with E-state index >= 15 is 0 Å². The van der Waals surface area contributed by atoms with Crippen molar-refractivity contribution in [2.24, 2.45) is 0 Å². The van der Waals surface area contributed by atoms with E-state index in [-0.39, 0.29) is 11.9 Å². The standard InChI is InChI=1S/C17H17N5O/c1-12(21-17(23)16-11-18-8-9-19-16)15-10-20-22(13(15)2)14-6-4-3-5-7-14/h3-12H,1-2H3,(H,21,23). The van der Waals surface area contributed by atoms with Gasteiger partial charge in [0, 0.05) is 23.7 Å². The van der Waals surface area contributed by atoms with Crippen molar-refractivity contribution in [1.82, 2.24) is 25.1 Å². The quantitative estimate of drug-likeness (QED) is 0.803. The van der Waals surface area contributed by atoms with Gasteiger partial charge in [0.2, 0.25) is 0 Å². The number of para-hydroxylation sites is 1. The third-order valence-corrected chi connectivity index (χ3v) is 3.66. The molecule has 3 aromatic rings. The van der Waals surface area contributed by atoms with Crippen LogP contribution in [0.5, 0.6) is 0 Å². The van der Waals surface area contributed by atoms with Crippen molar-refractivity contribution < 1.29 is 4.79 Å². The van der Waals surface area contributed by atoms with Gasteiger partial charge in [-0.3, -0.25) is 9.78 Å². The monoisotopic (exact) mass is 307 g/mol. The fourth-order valence-electron chi connectivity index (χ4n) is 2.44. The Morgan fingerprint density at radius 1 is 1.17 bits per heavy atom. The van der Waals surface area contributed by atoms with Gasteiger partial charge in [-0.2, -0.15) is 5.10 Å². The molecule has 0 saturated carbocycles. The molecule has 6 heteroatoms. The number of rotatable bonds is 4. The second-order valence-electron chi connectivity index (χ2n) is 5.22. The van der Waals surface area contributed by atoms with E-state index in [0.29, 0.717) is 5.69 Å². The van der Waals surface area contributed by atoms with E-state index < -0.39 is 0 Å². The Kier molecular flexibility index (Phi) is 4.14. The second-order valence-corrected chi connectivity index (χ2v) is 5.22. The molecule has 116 valence electrons. The van der Waals surface area contributed by atoms with Gasteiger partial charge in [0.25, 0.3) is 5.91 Å². The first kappa shape index (κ1) is 14.9. The molecular weight excluding hydrogens is 290 g/mol. The molecule has 0 bridgehead atoms. The predicted molar refractivity (Wildman–Crippen MR) is 86.2 cm³/mol. The highest BCUT2D eigenvalue weighted by Crippen LogP contribution is 2.20. The molecule has 1 atom stereocenters. The van der Waals surface area contributed by atoms with Gasteiger partial charge in [0.1, 0.15) is 5.69 Å². The van der Waals surface area contributed by atoms with E-state index in [0.717, 1.165) is 16.9 Å². The maximum Gasteiger partial charge on any atom is 0.271 e. The van der Waals surface area contributed by atoms with Gasteiger partial charge >= 0.3 is 0 Å². The van der Waals surface area contributed by atoms with Crippen LogP contribution in [0.4, 0.5) is 0 Å². The molecular formula is C17H17N5O. The van der Waals surface area contributed by atoms with Crippen molar-refractivity contribution in [2.45, 2.75) is 19.9 Å². The van der Waals surface area contributed by atoms with Gasteiger partial charge in [-0.15, -0.1) is 0 Å². The third-order valence-electron chi connectivity index (χ3n) is 3.66. The highest BCUT2D eigenvalue weighted by molar-refractivity contribution is 5.92. The summed E-state index contributed by atoms with van der Waals surface area (Å²) in [7, 11) is 0. The van der Waals surface area contributed by atoms with Crippen LogP contribution in [0, 0.1) is 6.92 Å². The van der Waals surface area contributed by atoms with E-state index in [2.05, 4.69) is 20.4 Å². The highest BCUT2D eigenvalue weighted by Gasteiger charge is 2.17. The number of benzene rings is 1. The Bertz CT molecular complexity index is 798. The minimum atomic E-state index is -0.252. The molecule has 6 nitrogen and oxygen atoms in total. The molecule has 23 heavy (non-hydrogen) atoms. The first-order valence-electron chi connectivity index (χ1n) is 7.33. The molecule has 1 amide bonds. The summed E-state index contributed by atoms with van der Waals surface area (Å²) in [5, 5.41) is 7.35. The zero-order valence-corrected chi connectivity index (χ0v) is 13.0. The molecule has 0 saturated heterocycles. The van der Waals surface area contributed by atoms with Crippen LogP contribution in [0.1, 0.15) is 34.7 Å². The van der Waals surface area contributed by atoms with Crippen LogP contribution in [0.15, 0.2) is 55.1 Å². The van der Waals surface area contributed by atoms with Crippen LogP contribution in [0.3, 0.4) is 0 Å². The molecule has 0 aliphatic rings. The van der Waals surface area contributed by atoms with Crippen molar-refractivity contribution in [1.29, 1.82) is 0 Å². The molecule has 0 aliphatic heterocycles. The number of carbonyl (C=O) groups is 1. The lowest BCUT2D eigenvalue weighted by atomic mass is 10.1. The van der Waals surface area contributed by atoms with Crippen molar-refractivity contribution in [3.8, 4) is 5.69 Å². The smallest absolute Gasteiger partial charge is 0.271 e. The Morgan fingerprint density at radius 2 is 1.96 bits per heavy atom. The van der Waals surface area contributed by atoms with Gasteiger partial charge < -0.3 is 5.32 Å². The topological polar surface area (TPSA) is 72.7 Å². The van der Waals surface area contributed by atoms with Crippen LogP contribution in [0.2, 0.25) is 0 Å². The van der Waals surface area contributed by atoms with Crippen LogP contribution >= 0.6 is 0 Å². The number of carbonyl (C=O) groups excluding carboxylic acids is 1. The van der Waals surface area contributed by atoms with E-state index in [1.165, 1.54) is 18.6 Å². The average molecular weight is 307 g/mol. The summed E-state index contributed by atoms with van der Waals surface area (Å²) in [6.07, 6.45) is 6.26. The fraction of sp³-hybridized carbons (Fsp3) is 0.176. The average Bonchev–Trinajstić information content (AvgIpc) is 2.98.